The highest BCUT2D eigenvalue weighted by molar-refractivity contribution is 7.11. The number of aryl methyl sites for hydroxylation is 1. The minimum Gasteiger partial charge on any atom is -0.361 e. The lowest BCUT2D eigenvalue weighted by molar-refractivity contribution is 0.783. The third-order valence-corrected chi connectivity index (χ3v) is 5.37. The van der Waals surface area contributed by atoms with Gasteiger partial charge in [0.2, 0.25) is 0 Å². The lowest BCUT2D eigenvalue weighted by atomic mass is 10.1. The summed E-state index contributed by atoms with van der Waals surface area (Å²) in [7, 11) is 1.81. The van der Waals surface area contributed by atoms with Gasteiger partial charge in [0.25, 0.3) is 0 Å². The van der Waals surface area contributed by atoms with Gasteiger partial charge in [-0.3, -0.25) is 4.99 Å². The zero-order chi connectivity index (χ0) is 17.5. The maximum absolute atomic E-state index is 4.45. The van der Waals surface area contributed by atoms with Crippen LogP contribution in [0.1, 0.15) is 22.4 Å². The van der Waals surface area contributed by atoms with Crippen LogP contribution >= 0.6 is 11.3 Å². The topological polar surface area (TPSA) is 65.1 Å². The Balaban J connectivity index is 1.43. The fourth-order valence-corrected chi connectivity index (χ4v) is 3.65. The molecule has 0 saturated carbocycles. The molecular weight excluding hydrogens is 330 g/mol. The highest BCUT2D eigenvalue weighted by Gasteiger charge is 2.04. The van der Waals surface area contributed by atoms with Crippen molar-refractivity contribution in [1.29, 1.82) is 0 Å². The molecule has 132 valence electrons. The minimum atomic E-state index is 0.837. The number of para-hydroxylation sites is 1. The summed E-state index contributed by atoms with van der Waals surface area (Å²) in [5.74, 6) is 0.840. The van der Waals surface area contributed by atoms with E-state index in [0.717, 1.165) is 38.3 Å². The molecule has 0 spiro atoms. The second kappa shape index (κ2) is 8.67. The number of benzene rings is 1. The van der Waals surface area contributed by atoms with E-state index in [1.807, 2.05) is 6.20 Å². The number of aromatic amines is 1. The number of fused-ring (bicyclic) bond motifs is 1. The fraction of sp³-hybridized carbons (Fsp3) is 0.368. The number of thiazole rings is 1. The van der Waals surface area contributed by atoms with E-state index in [4.69, 9.17) is 0 Å². The van der Waals surface area contributed by atoms with Crippen LogP contribution in [0.15, 0.2) is 41.7 Å². The van der Waals surface area contributed by atoms with Gasteiger partial charge in [0, 0.05) is 54.7 Å². The number of hydrogen-bond donors (Lipinski definition) is 3. The number of guanidine groups is 1. The summed E-state index contributed by atoms with van der Waals surface area (Å²) in [4.78, 5) is 13.4. The van der Waals surface area contributed by atoms with Crippen molar-refractivity contribution in [2.45, 2.75) is 26.2 Å². The fourth-order valence-electron chi connectivity index (χ4n) is 2.79. The summed E-state index contributed by atoms with van der Waals surface area (Å²) in [6.45, 7) is 3.84. The van der Waals surface area contributed by atoms with Crippen molar-refractivity contribution in [3.05, 3.63) is 52.1 Å². The molecule has 0 aliphatic heterocycles. The predicted octanol–water partition coefficient (Wildman–Crippen LogP) is 3.14. The first-order valence-electron chi connectivity index (χ1n) is 8.73. The van der Waals surface area contributed by atoms with Gasteiger partial charge in [-0.25, -0.2) is 4.98 Å². The molecule has 25 heavy (non-hydrogen) atoms. The predicted molar refractivity (Wildman–Crippen MR) is 107 cm³/mol. The second-order valence-corrected chi connectivity index (χ2v) is 7.06. The molecule has 0 aliphatic carbocycles. The van der Waals surface area contributed by atoms with Crippen LogP contribution in [-0.2, 0) is 19.3 Å². The Labute approximate surface area is 152 Å². The molecule has 2 aromatic heterocycles. The van der Waals surface area contributed by atoms with Gasteiger partial charge in [-0.2, -0.15) is 0 Å². The maximum Gasteiger partial charge on any atom is 0.191 e. The third-order valence-electron chi connectivity index (χ3n) is 4.17. The molecule has 0 atom stereocenters. The van der Waals surface area contributed by atoms with Gasteiger partial charge in [0.05, 0.1) is 5.01 Å². The Morgan fingerprint density at radius 3 is 2.76 bits per heavy atom. The zero-order valence-electron chi connectivity index (χ0n) is 14.8. The molecule has 6 heteroatoms. The summed E-state index contributed by atoms with van der Waals surface area (Å²) in [6.07, 6.45) is 7.01. The molecule has 3 N–H and O–H groups in total. The van der Waals surface area contributed by atoms with Gasteiger partial charge in [-0.1, -0.05) is 25.1 Å². The average Bonchev–Trinajstić information content (AvgIpc) is 3.27. The molecule has 0 bridgehead atoms. The summed E-state index contributed by atoms with van der Waals surface area (Å²) < 4.78 is 0. The average molecular weight is 356 g/mol. The van der Waals surface area contributed by atoms with Crippen molar-refractivity contribution < 1.29 is 0 Å². The van der Waals surface area contributed by atoms with Gasteiger partial charge >= 0.3 is 0 Å². The van der Waals surface area contributed by atoms with E-state index in [2.05, 4.69) is 63.0 Å². The lowest BCUT2D eigenvalue weighted by Gasteiger charge is -2.11. The van der Waals surface area contributed by atoms with Crippen LogP contribution in [0.25, 0.3) is 10.9 Å². The van der Waals surface area contributed by atoms with Crippen molar-refractivity contribution in [1.82, 2.24) is 20.6 Å². The van der Waals surface area contributed by atoms with Crippen molar-refractivity contribution >= 4 is 28.2 Å². The minimum absolute atomic E-state index is 0.837. The van der Waals surface area contributed by atoms with Crippen LogP contribution in [0.5, 0.6) is 0 Å². The zero-order valence-corrected chi connectivity index (χ0v) is 15.6. The monoisotopic (exact) mass is 355 g/mol. The molecular formula is C19H25N5S. The number of hydrogen-bond acceptors (Lipinski definition) is 3. The summed E-state index contributed by atoms with van der Waals surface area (Å²) in [6, 6.07) is 8.40. The van der Waals surface area contributed by atoms with E-state index in [1.165, 1.54) is 26.4 Å². The van der Waals surface area contributed by atoms with E-state index < -0.39 is 0 Å². The van der Waals surface area contributed by atoms with Crippen molar-refractivity contribution in [3.8, 4) is 0 Å². The Morgan fingerprint density at radius 2 is 2.00 bits per heavy atom. The van der Waals surface area contributed by atoms with E-state index in [1.54, 1.807) is 18.4 Å². The third kappa shape index (κ3) is 4.60. The highest BCUT2D eigenvalue weighted by atomic mass is 32.1. The van der Waals surface area contributed by atoms with E-state index in [9.17, 15) is 0 Å². The van der Waals surface area contributed by atoms with Gasteiger partial charge in [0.1, 0.15) is 0 Å². The normalized spacial score (nSPS) is 11.8. The maximum atomic E-state index is 4.45. The highest BCUT2D eigenvalue weighted by Crippen LogP contribution is 2.17. The van der Waals surface area contributed by atoms with E-state index in [0.29, 0.717) is 0 Å². The lowest BCUT2D eigenvalue weighted by Crippen LogP contribution is -2.39. The quantitative estimate of drug-likeness (QED) is 0.451. The number of aromatic nitrogens is 2. The summed E-state index contributed by atoms with van der Waals surface area (Å²) in [5, 5.41) is 9.22. The van der Waals surface area contributed by atoms with E-state index in [-0.39, 0.29) is 0 Å². The van der Waals surface area contributed by atoms with Crippen LogP contribution < -0.4 is 10.6 Å². The largest absolute Gasteiger partial charge is 0.361 e. The Morgan fingerprint density at radius 1 is 1.20 bits per heavy atom. The molecule has 0 unspecified atom stereocenters. The number of aliphatic imine (C=N–C) groups is 1. The number of H-pyrrole nitrogens is 1. The molecule has 0 saturated heterocycles. The molecule has 3 aromatic rings. The molecule has 3 rings (SSSR count). The first-order valence-corrected chi connectivity index (χ1v) is 9.55. The van der Waals surface area contributed by atoms with Crippen LogP contribution in [0.4, 0.5) is 0 Å². The molecule has 0 fully saturated rings. The van der Waals surface area contributed by atoms with E-state index >= 15 is 0 Å². The van der Waals surface area contributed by atoms with Crippen LogP contribution in [-0.4, -0.2) is 36.1 Å². The molecule has 0 amide bonds. The second-order valence-electron chi connectivity index (χ2n) is 5.86. The number of rotatable bonds is 7. The summed E-state index contributed by atoms with van der Waals surface area (Å²) in [5.41, 5.74) is 2.52. The first kappa shape index (κ1) is 17.5. The molecule has 0 radical (unpaired) electrons. The van der Waals surface area contributed by atoms with Crippen LogP contribution in [0.2, 0.25) is 0 Å². The van der Waals surface area contributed by atoms with Crippen LogP contribution in [0.3, 0.4) is 0 Å². The van der Waals surface area contributed by atoms with Crippen LogP contribution in [0, 0.1) is 0 Å². The number of nitrogens with one attached hydrogen (secondary N) is 3. The first-order chi connectivity index (χ1) is 12.3. The number of nitrogens with zero attached hydrogens (tertiary/aromatic N) is 2. The van der Waals surface area contributed by atoms with Crippen molar-refractivity contribution in [2.24, 2.45) is 4.99 Å². The Bertz CT molecular complexity index is 833. The molecule has 1 aromatic carbocycles. The van der Waals surface area contributed by atoms with Gasteiger partial charge in [-0.15, -0.1) is 11.3 Å². The van der Waals surface area contributed by atoms with Crippen molar-refractivity contribution in [3.63, 3.8) is 0 Å². The Kier molecular flexibility index (Phi) is 6.06. The van der Waals surface area contributed by atoms with Gasteiger partial charge in [0.15, 0.2) is 5.96 Å². The van der Waals surface area contributed by atoms with Gasteiger partial charge in [-0.05, 0) is 24.5 Å². The van der Waals surface area contributed by atoms with Crippen molar-refractivity contribution in [2.75, 3.05) is 20.1 Å². The SMILES string of the molecule is CCc1cnc(CCNC(=NC)NCCc2c[nH]c3ccccc23)s1. The molecule has 0 aliphatic rings. The molecule has 5 nitrogen and oxygen atoms in total. The summed E-state index contributed by atoms with van der Waals surface area (Å²) >= 11 is 1.79. The molecule has 2 heterocycles. The standard InChI is InChI=1S/C19H25N5S/c1-3-15-13-24-18(25-15)9-11-22-19(20-2)21-10-8-14-12-23-17-7-5-4-6-16(14)17/h4-7,12-13,23H,3,8-11H2,1-2H3,(H2,20,21,22). The van der Waals surface area contributed by atoms with Gasteiger partial charge < -0.3 is 15.6 Å². The smallest absolute Gasteiger partial charge is 0.191 e. The Hall–Kier alpha value is -2.34.